The largest absolute Gasteiger partial charge is 0.436 e. The van der Waals surface area contributed by atoms with Crippen molar-refractivity contribution < 1.29 is 4.42 Å². The Kier molecular flexibility index (Phi) is 6.65. The molecule has 9 aromatic rings. The fraction of sp³-hybridized carbons (Fsp3) is 0. The number of thiophene rings is 1. The summed E-state index contributed by atoms with van der Waals surface area (Å²) in [4.78, 5) is 7.30. The summed E-state index contributed by atoms with van der Waals surface area (Å²) in [5.74, 6) is 0.630. The average molecular weight is 621 g/mol. The van der Waals surface area contributed by atoms with Gasteiger partial charge in [0, 0.05) is 48.2 Å². The molecule has 0 aliphatic carbocycles. The van der Waals surface area contributed by atoms with Crippen LogP contribution in [0.2, 0.25) is 0 Å². The van der Waals surface area contributed by atoms with Gasteiger partial charge in [0.1, 0.15) is 5.52 Å². The number of benzene rings is 7. The van der Waals surface area contributed by atoms with Crippen LogP contribution in [0.3, 0.4) is 0 Å². The molecular formula is C43H28N2OS. The quantitative estimate of drug-likeness (QED) is 0.185. The van der Waals surface area contributed by atoms with Crippen molar-refractivity contribution >= 4 is 59.7 Å². The van der Waals surface area contributed by atoms with Gasteiger partial charge < -0.3 is 9.32 Å². The van der Waals surface area contributed by atoms with E-state index in [1.807, 2.05) is 53.8 Å². The predicted molar refractivity (Wildman–Crippen MR) is 198 cm³/mol. The van der Waals surface area contributed by atoms with Gasteiger partial charge in [-0.1, -0.05) is 115 Å². The number of fused-ring (bicyclic) bond motifs is 4. The molecule has 0 aliphatic rings. The first-order valence-electron chi connectivity index (χ1n) is 15.7. The second-order valence-electron chi connectivity index (χ2n) is 11.6. The number of nitrogens with zero attached hydrogens (tertiary/aromatic N) is 2. The van der Waals surface area contributed by atoms with Gasteiger partial charge in [0.25, 0.3) is 0 Å². The first kappa shape index (κ1) is 27.3. The summed E-state index contributed by atoms with van der Waals surface area (Å²) in [5, 5.41) is 2.59. The molecule has 0 unspecified atom stereocenters. The SMILES string of the molecule is c1ccc(-c2nc3c(-c4ccc(N(c5ccc6c(c5)sc5ccccc56)c5ccccc5-c5ccccc5)cc4)cccc3o2)cc1. The summed E-state index contributed by atoms with van der Waals surface area (Å²) in [6.07, 6.45) is 0. The average Bonchev–Trinajstić information content (AvgIpc) is 3.75. The molecule has 0 aliphatic heterocycles. The lowest BCUT2D eigenvalue weighted by Crippen LogP contribution is -2.11. The maximum atomic E-state index is 6.19. The highest BCUT2D eigenvalue weighted by molar-refractivity contribution is 7.25. The fourth-order valence-corrected chi connectivity index (χ4v) is 7.63. The summed E-state index contributed by atoms with van der Waals surface area (Å²) in [6.45, 7) is 0. The monoisotopic (exact) mass is 620 g/mol. The Balaban J connectivity index is 1.18. The van der Waals surface area contributed by atoms with Crippen LogP contribution in [0.25, 0.3) is 65.0 Å². The van der Waals surface area contributed by atoms with Crippen molar-refractivity contribution in [3.8, 4) is 33.7 Å². The highest BCUT2D eigenvalue weighted by atomic mass is 32.1. The summed E-state index contributed by atoms with van der Waals surface area (Å²) >= 11 is 1.84. The minimum Gasteiger partial charge on any atom is -0.436 e. The van der Waals surface area contributed by atoms with E-state index in [0.29, 0.717) is 5.89 Å². The lowest BCUT2D eigenvalue weighted by Gasteiger charge is -2.28. The molecular weight excluding hydrogens is 593 g/mol. The Morgan fingerprint density at radius 1 is 0.468 bits per heavy atom. The van der Waals surface area contributed by atoms with Gasteiger partial charge >= 0.3 is 0 Å². The molecule has 0 radical (unpaired) electrons. The molecule has 222 valence electrons. The number of rotatable bonds is 6. The van der Waals surface area contributed by atoms with Gasteiger partial charge in [0.15, 0.2) is 5.58 Å². The molecule has 7 aromatic carbocycles. The van der Waals surface area contributed by atoms with E-state index >= 15 is 0 Å². The van der Waals surface area contributed by atoms with Crippen LogP contribution in [0, 0.1) is 0 Å². The third-order valence-electron chi connectivity index (χ3n) is 8.73. The summed E-state index contributed by atoms with van der Waals surface area (Å²) in [6, 6.07) is 59.8. The zero-order chi connectivity index (χ0) is 31.2. The van der Waals surface area contributed by atoms with Crippen LogP contribution >= 0.6 is 11.3 Å². The zero-order valence-electron chi connectivity index (χ0n) is 25.4. The smallest absolute Gasteiger partial charge is 0.227 e. The van der Waals surface area contributed by atoms with Crippen LogP contribution in [0.1, 0.15) is 0 Å². The van der Waals surface area contributed by atoms with Crippen molar-refractivity contribution in [1.29, 1.82) is 0 Å². The van der Waals surface area contributed by atoms with E-state index in [-0.39, 0.29) is 0 Å². The molecule has 2 heterocycles. The summed E-state index contributed by atoms with van der Waals surface area (Å²) < 4.78 is 8.76. The third kappa shape index (κ3) is 4.87. The molecule has 0 amide bonds. The molecule has 0 bridgehead atoms. The molecule has 0 fully saturated rings. The number of oxazole rings is 1. The van der Waals surface area contributed by atoms with E-state index in [4.69, 9.17) is 9.40 Å². The normalized spacial score (nSPS) is 11.4. The van der Waals surface area contributed by atoms with Crippen molar-refractivity contribution in [2.45, 2.75) is 0 Å². The van der Waals surface area contributed by atoms with Gasteiger partial charge in [0.05, 0.1) is 5.69 Å². The van der Waals surface area contributed by atoms with Crippen LogP contribution in [-0.4, -0.2) is 4.98 Å². The Bertz CT molecular complexity index is 2510. The minimum atomic E-state index is 0.630. The number of hydrogen-bond donors (Lipinski definition) is 0. The van der Waals surface area contributed by atoms with Crippen LogP contribution in [-0.2, 0) is 0 Å². The Hall–Kier alpha value is -5.97. The highest BCUT2D eigenvalue weighted by Crippen LogP contribution is 2.44. The molecule has 0 saturated heterocycles. The molecule has 3 nitrogen and oxygen atoms in total. The summed E-state index contributed by atoms with van der Waals surface area (Å²) in [7, 11) is 0. The van der Waals surface area contributed by atoms with Gasteiger partial charge in [-0.3, -0.25) is 0 Å². The molecule has 4 heteroatoms. The second-order valence-corrected chi connectivity index (χ2v) is 12.7. The first-order valence-corrected chi connectivity index (χ1v) is 16.5. The lowest BCUT2D eigenvalue weighted by molar-refractivity contribution is 0.620. The van der Waals surface area contributed by atoms with E-state index in [9.17, 15) is 0 Å². The Labute approximate surface area is 276 Å². The lowest BCUT2D eigenvalue weighted by atomic mass is 10.0. The third-order valence-corrected chi connectivity index (χ3v) is 9.86. The van der Waals surface area contributed by atoms with E-state index in [0.717, 1.165) is 44.9 Å². The summed E-state index contributed by atoms with van der Waals surface area (Å²) in [5.41, 5.74) is 10.4. The molecule has 0 saturated carbocycles. The maximum Gasteiger partial charge on any atom is 0.227 e. The van der Waals surface area contributed by atoms with Crippen LogP contribution in [0.15, 0.2) is 174 Å². The van der Waals surface area contributed by atoms with Crippen molar-refractivity contribution in [2.75, 3.05) is 4.90 Å². The van der Waals surface area contributed by atoms with Gasteiger partial charge in [0.2, 0.25) is 5.89 Å². The van der Waals surface area contributed by atoms with Crippen molar-refractivity contribution in [3.63, 3.8) is 0 Å². The highest BCUT2D eigenvalue weighted by Gasteiger charge is 2.19. The van der Waals surface area contributed by atoms with Crippen LogP contribution in [0.5, 0.6) is 0 Å². The van der Waals surface area contributed by atoms with Gasteiger partial charge in [-0.05, 0) is 65.7 Å². The minimum absolute atomic E-state index is 0.630. The molecule has 47 heavy (non-hydrogen) atoms. The van der Waals surface area contributed by atoms with Crippen molar-refractivity contribution in [1.82, 2.24) is 4.98 Å². The van der Waals surface area contributed by atoms with Crippen molar-refractivity contribution in [3.05, 3.63) is 170 Å². The van der Waals surface area contributed by atoms with Crippen molar-refractivity contribution in [2.24, 2.45) is 0 Å². The molecule has 0 N–H and O–H groups in total. The van der Waals surface area contributed by atoms with E-state index in [2.05, 4.69) is 132 Å². The van der Waals surface area contributed by atoms with E-state index in [1.165, 1.54) is 31.3 Å². The number of hydrogen-bond acceptors (Lipinski definition) is 4. The van der Waals surface area contributed by atoms with Gasteiger partial charge in [-0.2, -0.15) is 0 Å². The number of anilines is 3. The first-order chi connectivity index (χ1) is 23.3. The topological polar surface area (TPSA) is 29.3 Å². The number of aromatic nitrogens is 1. The fourth-order valence-electron chi connectivity index (χ4n) is 6.49. The van der Waals surface area contributed by atoms with Gasteiger partial charge in [-0.15, -0.1) is 11.3 Å². The Morgan fingerprint density at radius 2 is 1.11 bits per heavy atom. The second kappa shape index (κ2) is 11.4. The van der Waals surface area contributed by atoms with E-state index in [1.54, 1.807) is 0 Å². The molecule has 2 aromatic heterocycles. The standard InChI is InChI=1S/C43H28N2OS/c1-3-12-29(13-4-1)34-16-7-9-19-38(34)45(33-26-27-37-36-17-8-10-21-40(36)47-41(37)28-33)32-24-22-30(23-25-32)35-18-11-20-39-42(35)44-43(46-39)31-14-5-2-6-15-31/h1-28H. The molecule has 9 rings (SSSR count). The zero-order valence-corrected chi connectivity index (χ0v) is 26.2. The number of para-hydroxylation sites is 2. The van der Waals surface area contributed by atoms with Gasteiger partial charge in [-0.25, -0.2) is 4.98 Å². The predicted octanol–water partition coefficient (Wildman–Crippen LogP) is 12.7. The van der Waals surface area contributed by atoms with Crippen LogP contribution in [0.4, 0.5) is 17.1 Å². The maximum absolute atomic E-state index is 6.19. The Morgan fingerprint density at radius 3 is 1.94 bits per heavy atom. The van der Waals surface area contributed by atoms with E-state index < -0.39 is 0 Å². The molecule has 0 spiro atoms. The van der Waals surface area contributed by atoms with Crippen LogP contribution < -0.4 is 4.90 Å². The molecule has 0 atom stereocenters.